The number of likely N-dealkylation sites (tertiary alicyclic amines) is 1. The second-order valence-corrected chi connectivity index (χ2v) is 8.32. The van der Waals surface area contributed by atoms with Crippen molar-refractivity contribution >= 4 is 35.6 Å². The third-order valence-electron chi connectivity index (χ3n) is 6.69. The number of nitrogens with zero attached hydrogens (tertiary/aromatic N) is 1. The molecule has 2 N–H and O–H groups in total. The Bertz CT molecular complexity index is 743. The van der Waals surface area contributed by atoms with Crippen LogP contribution in [0, 0.1) is 0 Å². The summed E-state index contributed by atoms with van der Waals surface area (Å²) >= 11 is 0. The predicted molar refractivity (Wildman–Crippen MR) is 123 cm³/mol. The molecule has 0 radical (unpaired) electrons. The number of fused-ring (bicyclic) bond motifs is 1. The topological polar surface area (TPSA) is 35.5 Å². The van der Waals surface area contributed by atoms with E-state index in [4.69, 9.17) is 0 Å². The Labute approximate surface area is 181 Å². The Morgan fingerprint density at radius 2 is 1.79 bits per heavy atom. The van der Waals surface area contributed by atoms with E-state index in [0.717, 1.165) is 45.3 Å². The van der Waals surface area contributed by atoms with Gasteiger partial charge in [-0.25, -0.2) is 0 Å². The lowest BCUT2D eigenvalue weighted by Gasteiger charge is -2.41. The van der Waals surface area contributed by atoms with Crippen molar-refractivity contribution in [3.05, 3.63) is 48.0 Å². The van der Waals surface area contributed by atoms with Gasteiger partial charge in [-0.05, 0) is 49.2 Å². The Kier molecular flexibility index (Phi) is 8.60. The zero-order chi connectivity index (χ0) is 18.0. The van der Waals surface area contributed by atoms with Gasteiger partial charge in [-0.2, -0.15) is 0 Å². The first kappa shape index (κ1) is 23.4. The van der Waals surface area contributed by atoms with Gasteiger partial charge in [0.15, 0.2) is 0 Å². The van der Waals surface area contributed by atoms with Crippen LogP contribution in [0.25, 0.3) is 10.8 Å². The normalized spacial score (nSPS) is 23.0. The first-order valence-electron chi connectivity index (χ1n) is 10.3. The van der Waals surface area contributed by atoms with Crippen molar-refractivity contribution in [2.24, 2.45) is 0 Å². The minimum absolute atomic E-state index is 0. The molecule has 28 heavy (non-hydrogen) atoms. The summed E-state index contributed by atoms with van der Waals surface area (Å²) < 4.78 is 0. The van der Waals surface area contributed by atoms with Crippen LogP contribution in [-0.2, 0) is 0 Å². The van der Waals surface area contributed by atoms with Crippen molar-refractivity contribution in [1.82, 2.24) is 10.2 Å². The van der Waals surface area contributed by atoms with Crippen LogP contribution in [0.3, 0.4) is 0 Å². The van der Waals surface area contributed by atoms with Crippen molar-refractivity contribution in [1.29, 1.82) is 0 Å². The lowest BCUT2D eigenvalue weighted by Crippen LogP contribution is -2.44. The SMILES string of the molecule is CN[C@H]1CCN(CC(c2cccc3ccccc23)C2(O)CCCCC2)C1.Cl.Cl. The molecule has 156 valence electrons. The number of benzene rings is 2. The van der Waals surface area contributed by atoms with E-state index in [9.17, 15) is 5.11 Å². The number of aliphatic hydroxyl groups is 1. The van der Waals surface area contributed by atoms with Crippen molar-refractivity contribution in [3.63, 3.8) is 0 Å². The van der Waals surface area contributed by atoms with Gasteiger partial charge < -0.3 is 15.3 Å². The molecule has 1 unspecified atom stereocenters. The van der Waals surface area contributed by atoms with Crippen LogP contribution in [0.1, 0.15) is 50.0 Å². The molecular formula is C23H34Cl2N2O. The zero-order valence-electron chi connectivity index (χ0n) is 16.8. The third-order valence-corrected chi connectivity index (χ3v) is 6.69. The molecule has 2 fully saturated rings. The molecule has 4 rings (SSSR count). The monoisotopic (exact) mass is 424 g/mol. The molecule has 5 heteroatoms. The summed E-state index contributed by atoms with van der Waals surface area (Å²) in [6.07, 6.45) is 6.63. The summed E-state index contributed by atoms with van der Waals surface area (Å²) in [5, 5.41) is 17.7. The van der Waals surface area contributed by atoms with Crippen molar-refractivity contribution < 1.29 is 5.11 Å². The molecule has 1 aliphatic heterocycles. The minimum atomic E-state index is -0.569. The van der Waals surface area contributed by atoms with E-state index in [-0.39, 0.29) is 30.7 Å². The Morgan fingerprint density at radius 1 is 1.07 bits per heavy atom. The molecule has 2 atom stereocenters. The number of rotatable bonds is 5. The standard InChI is InChI=1S/C23H32N2O.2ClH/c1-24-19-12-15-25(16-19)17-22(23(26)13-5-2-6-14-23)21-11-7-9-18-8-3-4-10-20(18)21;;/h3-4,7-11,19,22,24,26H,2,5-6,12-17H2,1H3;2*1H/t19-,22?;;/m0../s1. The molecule has 0 aromatic heterocycles. The molecule has 2 aliphatic rings. The molecule has 1 heterocycles. The number of hydrogen-bond donors (Lipinski definition) is 2. The lowest BCUT2D eigenvalue weighted by molar-refractivity contribution is -0.0291. The summed E-state index contributed by atoms with van der Waals surface area (Å²) in [6.45, 7) is 3.18. The molecule has 2 aromatic rings. The molecular weight excluding hydrogens is 391 g/mol. The quantitative estimate of drug-likeness (QED) is 0.726. The van der Waals surface area contributed by atoms with Crippen LogP contribution < -0.4 is 5.32 Å². The summed E-state index contributed by atoms with van der Waals surface area (Å²) in [7, 11) is 2.06. The number of nitrogens with one attached hydrogen (secondary N) is 1. The van der Waals surface area contributed by atoms with Crippen LogP contribution in [0.15, 0.2) is 42.5 Å². The van der Waals surface area contributed by atoms with Gasteiger partial charge in [0, 0.05) is 25.0 Å². The van der Waals surface area contributed by atoms with Crippen LogP contribution in [0.2, 0.25) is 0 Å². The van der Waals surface area contributed by atoms with Gasteiger partial charge in [0.05, 0.1) is 5.60 Å². The summed E-state index contributed by atoms with van der Waals surface area (Å²) in [5.41, 5.74) is 0.764. The van der Waals surface area contributed by atoms with Gasteiger partial charge in [0.2, 0.25) is 0 Å². The van der Waals surface area contributed by atoms with Gasteiger partial charge in [-0.1, -0.05) is 61.7 Å². The third kappa shape index (κ3) is 4.83. The van der Waals surface area contributed by atoms with Gasteiger partial charge >= 0.3 is 0 Å². The summed E-state index contributed by atoms with van der Waals surface area (Å²) in [6, 6.07) is 15.8. The number of halogens is 2. The molecule has 2 aromatic carbocycles. The first-order valence-corrected chi connectivity index (χ1v) is 10.3. The highest BCUT2D eigenvalue weighted by molar-refractivity contribution is 5.86. The minimum Gasteiger partial charge on any atom is -0.389 e. The molecule has 0 amide bonds. The van der Waals surface area contributed by atoms with Gasteiger partial charge in [0.1, 0.15) is 0 Å². The Hall–Kier alpha value is -0.840. The molecule has 1 saturated carbocycles. The number of likely N-dealkylation sites (N-methyl/N-ethyl adjacent to an activating group) is 1. The molecule has 0 spiro atoms. The van der Waals surface area contributed by atoms with Crippen molar-refractivity contribution in [2.75, 3.05) is 26.7 Å². The lowest BCUT2D eigenvalue weighted by atomic mass is 9.71. The van der Waals surface area contributed by atoms with E-state index in [0.29, 0.717) is 6.04 Å². The summed E-state index contributed by atoms with van der Waals surface area (Å²) in [4.78, 5) is 2.56. The second kappa shape index (κ2) is 10.3. The van der Waals surface area contributed by atoms with Crippen molar-refractivity contribution in [2.45, 2.75) is 56.1 Å². The zero-order valence-corrected chi connectivity index (χ0v) is 18.4. The fourth-order valence-corrected chi connectivity index (χ4v) is 5.12. The van der Waals surface area contributed by atoms with Crippen molar-refractivity contribution in [3.8, 4) is 0 Å². The van der Waals surface area contributed by atoms with Crippen LogP contribution >= 0.6 is 24.8 Å². The van der Waals surface area contributed by atoms with Gasteiger partial charge in [-0.15, -0.1) is 24.8 Å². The molecule has 1 aliphatic carbocycles. The average Bonchev–Trinajstić information content (AvgIpc) is 3.14. The smallest absolute Gasteiger partial charge is 0.0728 e. The van der Waals surface area contributed by atoms with E-state index < -0.39 is 5.60 Å². The van der Waals surface area contributed by atoms with E-state index in [1.54, 1.807) is 0 Å². The molecule has 0 bridgehead atoms. The Morgan fingerprint density at radius 3 is 2.50 bits per heavy atom. The first-order chi connectivity index (χ1) is 12.7. The highest BCUT2D eigenvalue weighted by Crippen LogP contribution is 2.42. The predicted octanol–water partition coefficient (Wildman–Crippen LogP) is 4.76. The highest BCUT2D eigenvalue weighted by atomic mass is 35.5. The van der Waals surface area contributed by atoms with Crippen LogP contribution in [-0.4, -0.2) is 48.3 Å². The second-order valence-electron chi connectivity index (χ2n) is 8.32. The maximum Gasteiger partial charge on any atom is 0.0728 e. The van der Waals surface area contributed by atoms with Crippen LogP contribution in [0.4, 0.5) is 0 Å². The fourth-order valence-electron chi connectivity index (χ4n) is 5.12. The highest BCUT2D eigenvalue weighted by Gasteiger charge is 2.40. The van der Waals surface area contributed by atoms with Gasteiger partial charge in [-0.3, -0.25) is 0 Å². The fraction of sp³-hybridized carbons (Fsp3) is 0.565. The van der Waals surface area contributed by atoms with E-state index >= 15 is 0 Å². The average molecular weight is 425 g/mol. The maximum atomic E-state index is 11.7. The van der Waals surface area contributed by atoms with Gasteiger partial charge in [0.25, 0.3) is 0 Å². The maximum absolute atomic E-state index is 11.7. The Balaban J connectivity index is 0.00000140. The van der Waals surface area contributed by atoms with E-state index in [2.05, 4.69) is 59.7 Å². The van der Waals surface area contributed by atoms with Crippen LogP contribution in [0.5, 0.6) is 0 Å². The summed E-state index contributed by atoms with van der Waals surface area (Å²) in [5.74, 6) is 0.185. The largest absolute Gasteiger partial charge is 0.389 e. The molecule has 1 saturated heterocycles. The van der Waals surface area contributed by atoms with E-state index in [1.807, 2.05) is 0 Å². The van der Waals surface area contributed by atoms with E-state index in [1.165, 1.54) is 29.2 Å². The number of hydrogen-bond acceptors (Lipinski definition) is 3. The molecule has 3 nitrogen and oxygen atoms in total.